The first-order chi connectivity index (χ1) is 7.50. The minimum atomic E-state index is 0.221. The molecule has 6 heteroatoms. The van der Waals surface area contributed by atoms with Crippen molar-refractivity contribution in [1.29, 1.82) is 0 Å². The van der Waals surface area contributed by atoms with Crippen molar-refractivity contribution < 1.29 is 0 Å². The molecule has 3 nitrogen and oxygen atoms in total. The lowest BCUT2D eigenvalue weighted by Gasteiger charge is -2.09. The van der Waals surface area contributed by atoms with Gasteiger partial charge in [-0.1, -0.05) is 23.8 Å². The third-order valence-corrected chi connectivity index (χ3v) is 3.18. The van der Waals surface area contributed by atoms with Crippen LogP contribution in [-0.2, 0) is 0 Å². The molecule has 0 aliphatic rings. The number of fused-ring (bicyclic) bond motifs is 1. The molecule has 2 rings (SSSR count). The number of nitrogen functional groups attached to an aromatic ring is 1. The third kappa shape index (κ3) is 1.86. The predicted octanol–water partition coefficient (Wildman–Crippen LogP) is 2.87. The summed E-state index contributed by atoms with van der Waals surface area (Å²) in [5.41, 5.74) is 12.6. The number of nitrogens with two attached hydrogens (primary N) is 2. The predicted molar refractivity (Wildman–Crippen MR) is 74.8 cm³/mol. The Hall–Kier alpha value is -0.910. The average molecular weight is 317 g/mol. The fraction of sp³-hybridized carbons (Fsp3) is 0. The number of anilines is 1. The van der Waals surface area contributed by atoms with Gasteiger partial charge in [-0.3, -0.25) is 4.98 Å². The van der Waals surface area contributed by atoms with Crippen LogP contribution in [0.2, 0.25) is 5.02 Å². The van der Waals surface area contributed by atoms with Crippen molar-refractivity contribution in [2.75, 3.05) is 5.73 Å². The van der Waals surface area contributed by atoms with Gasteiger partial charge in [-0.2, -0.15) is 0 Å². The lowest BCUT2D eigenvalue weighted by molar-refractivity contribution is 1.31. The summed E-state index contributed by atoms with van der Waals surface area (Å²) in [5, 5.41) is 2.11. The molecule has 0 aliphatic heterocycles. The van der Waals surface area contributed by atoms with E-state index in [1.807, 2.05) is 0 Å². The minimum absolute atomic E-state index is 0.221. The van der Waals surface area contributed by atoms with Crippen molar-refractivity contribution in [3.63, 3.8) is 0 Å². The van der Waals surface area contributed by atoms with Crippen LogP contribution in [0.3, 0.4) is 0 Å². The van der Waals surface area contributed by atoms with E-state index in [0.29, 0.717) is 16.4 Å². The summed E-state index contributed by atoms with van der Waals surface area (Å²) in [6.07, 6.45) is 1.63. The van der Waals surface area contributed by atoms with Gasteiger partial charge in [-0.05, 0) is 28.1 Å². The highest BCUT2D eigenvalue weighted by atomic mass is 79.9. The summed E-state index contributed by atoms with van der Waals surface area (Å²) in [5.74, 6) is 0. The summed E-state index contributed by atoms with van der Waals surface area (Å²) in [6, 6.07) is 3.43. The fourth-order valence-corrected chi connectivity index (χ4v) is 2.47. The van der Waals surface area contributed by atoms with Crippen molar-refractivity contribution in [3.05, 3.63) is 33.5 Å². The highest BCUT2D eigenvalue weighted by molar-refractivity contribution is 9.10. The molecule has 0 fully saturated rings. The molecule has 82 valence electrons. The highest BCUT2D eigenvalue weighted by Gasteiger charge is 2.11. The largest absolute Gasteiger partial charge is 0.398 e. The van der Waals surface area contributed by atoms with Gasteiger partial charge in [-0.25, -0.2) is 0 Å². The molecule has 1 aromatic carbocycles. The zero-order valence-electron chi connectivity index (χ0n) is 8.00. The molecule has 0 unspecified atom stereocenters. The van der Waals surface area contributed by atoms with E-state index in [4.69, 9.17) is 35.3 Å². The van der Waals surface area contributed by atoms with Gasteiger partial charge < -0.3 is 11.5 Å². The number of nitrogens with zero attached hydrogens (tertiary/aromatic N) is 1. The van der Waals surface area contributed by atoms with Gasteiger partial charge >= 0.3 is 0 Å². The van der Waals surface area contributed by atoms with Crippen LogP contribution in [0, 0.1) is 0 Å². The summed E-state index contributed by atoms with van der Waals surface area (Å²) in [7, 11) is 0. The second-order valence-corrected chi connectivity index (χ2v) is 4.97. The number of aromatic nitrogens is 1. The van der Waals surface area contributed by atoms with E-state index in [9.17, 15) is 0 Å². The summed E-state index contributed by atoms with van der Waals surface area (Å²) < 4.78 is 0.789. The Morgan fingerprint density at radius 2 is 2.12 bits per heavy atom. The Kier molecular flexibility index (Phi) is 3.01. The topological polar surface area (TPSA) is 64.9 Å². The molecule has 4 N–H and O–H groups in total. The van der Waals surface area contributed by atoms with Crippen LogP contribution in [0.4, 0.5) is 5.69 Å². The van der Waals surface area contributed by atoms with Crippen LogP contribution in [0.1, 0.15) is 5.69 Å². The second-order valence-electron chi connectivity index (χ2n) is 3.24. The molecule has 16 heavy (non-hydrogen) atoms. The van der Waals surface area contributed by atoms with E-state index in [2.05, 4.69) is 20.9 Å². The van der Waals surface area contributed by atoms with Crippen molar-refractivity contribution in [2.24, 2.45) is 5.73 Å². The maximum atomic E-state index is 5.95. The molecule has 1 heterocycles. The van der Waals surface area contributed by atoms with E-state index >= 15 is 0 Å². The Labute approximate surface area is 111 Å². The van der Waals surface area contributed by atoms with Crippen molar-refractivity contribution in [3.8, 4) is 0 Å². The molecule has 0 radical (unpaired) electrons. The van der Waals surface area contributed by atoms with E-state index in [0.717, 1.165) is 15.2 Å². The van der Waals surface area contributed by atoms with Gasteiger partial charge in [0.25, 0.3) is 0 Å². The maximum Gasteiger partial charge on any atom is 0.123 e. The van der Waals surface area contributed by atoms with Gasteiger partial charge in [0.05, 0.1) is 0 Å². The number of rotatable bonds is 1. The van der Waals surface area contributed by atoms with Gasteiger partial charge in [0.2, 0.25) is 0 Å². The van der Waals surface area contributed by atoms with Crippen LogP contribution in [-0.4, -0.2) is 9.97 Å². The van der Waals surface area contributed by atoms with E-state index < -0.39 is 0 Å². The molecule has 0 spiro atoms. The van der Waals surface area contributed by atoms with Crippen molar-refractivity contribution >= 4 is 61.2 Å². The zero-order valence-corrected chi connectivity index (χ0v) is 11.2. The molecule has 0 aliphatic carbocycles. The van der Waals surface area contributed by atoms with Crippen molar-refractivity contribution in [1.82, 2.24) is 4.98 Å². The number of benzene rings is 1. The number of hydrogen-bond acceptors (Lipinski definition) is 3. The molecule has 0 bridgehead atoms. The first-order valence-electron chi connectivity index (χ1n) is 4.33. The van der Waals surface area contributed by atoms with Gasteiger partial charge in [0.15, 0.2) is 0 Å². The number of hydrogen-bond donors (Lipinski definition) is 2. The van der Waals surface area contributed by atoms with Crippen LogP contribution in [0.5, 0.6) is 0 Å². The number of halogens is 2. The first kappa shape index (κ1) is 11.6. The third-order valence-electron chi connectivity index (χ3n) is 2.17. The average Bonchev–Trinajstić information content (AvgIpc) is 2.15. The van der Waals surface area contributed by atoms with Crippen LogP contribution >= 0.6 is 39.7 Å². The minimum Gasteiger partial charge on any atom is -0.398 e. The molecule has 0 saturated heterocycles. The van der Waals surface area contributed by atoms with Crippen LogP contribution < -0.4 is 11.5 Å². The Morgan fingerprint density at radius 1 is 1.44 bits per heavy atom. The molecule has 0 amide bonds. The number of pyridine rings is 1. The van der Waals surface area contributed by atoms with Crippen LogP contribution in [0.25, 0.3) is 10.8 Å². The van der Waals surface area contributed by atoms with Gasteiger partial charge in [-0.15, -0.1) is 0 Å². The normalized spacial score (nSPS) is 10.6. The SMILES string of the molecule is NC(=S)c1ncc(Br)c2c(N)cc(Cl)cc12. The number of thiocarbonyl (C=S) groups is 1. The molecule has 0 saturated carbocycles. The van der Waals surface area contributed by atoms with E-state index in [-0.39, 0.29) is 4.99 Å². The lowest BCUT2D eigenvalue weighted by Crippen LogP contribution is -2.12. The molecular formula is C10H7BrClN3S. The van der Waals surface area contributed by atoms with E-state index in [1.54, 1.807) is 18.3 Å². The molecule has 1 aromatic heterocycles. The quantitative estimate of drug-likeness (QED) is 0.627. The highest BCUT2D eigenvalue weighted by Crippen LogP contribution is 2.32. The lowest BCUT2D eigenvalue weighted by atomic mass is 10.1. The van der Waals surface area contributed by atoms with Crippen molar-refractivity contribution in [2.45, 2.75) is 0 Å². The summed E-state index contributed by atoms with van der Waals surface area (Å²) >= 11 is 14.3. The summed E-state index contributed by atoms with van der Waals surface area (Å²) in [4.78, 5) is 4.38. The standard InChI is InChI=1S/C10H7BrClN3S/c11-6-3-15-9(10(14)16)5-1-4(12)2-7(13)8(5)6/h1-3H,13H2,(H2,14,16). The Balaban J connectivity index is 2.98. The molecule has 0 atom stereocenters. The zero-order chi connectivity index (χ0) is 11.9. The fourth-order valence-electron chi connectivity index (χ4n) is 1.53. The second kappa shape index (κ2) is 4.16. The maximum absolute atomic E-state index is 5.95. The van der Waals surface area contributed by atoms with Crippen LogP contribution in [0.15, 0.2) is 22.8 Å². The molecule has 2 aromatic rings. The van der Waals surface area contributed by atoms with Gasteiger partial charge in [0, 0.05) is 32.2 Å². The smallest absolute Gasteiger partial charge is 0.123 e. The Morgan fingerprint density at radius 3 is 2.75 bits per heavy atom. The monoisotopic (exact) mass is 315 g/mol. The van der Waals surface area contributed by atoms with Gasteiger partial charge in [0.1, 0.15) is 10.7 Å². The Bertz CT molecular complexity index is 600. The summed E-state index contributed by atoms with van der Waals surface area (Å²) in [6.45, 7) is 0. The van der Waals surface area contributed by atoms with E-state index in [1.165, 1.54) is 0 Å². The molecular weight excluding hydrogens is 310 g/mol. The first-order valence-corrected chi connectivity index (χ1v) is 5.91.